The van der Waals surface area contributed by atoms with Gasteiger partial charge in [0.1, 0.15) is 5.82 Å². The highest BCUT2D eigenvalue weighted by Gasteiger charge is 2.29. The van der Waals surface area contributed by atoms with Crippen LogP contribution in [0.15, 0.2) is 24.3 Å². The van der Waals surface area contributed by atoms with Gasteiger partial charge < -0.3 is 10.2 Å². The Morgan fingerprint density at radius 3 is 2.52 bits per heavy atom. The van der Waals surface area contributed by atoms with Crippen molar-refractivity contribution in [2.45, 2.75) is 45.6 Å². The minimum absolute atomic E-state index is 0.00938. The van der Waals surface area contributed by atoms with E-state index in [1.807, 2.05) is 20.8 Å². The number of carbonyl (C=O) groups is 2. The van der Waals surface area contributed by atoms with Crippen molar-refractivity contribution < 1.29 is 14.0 Å². The van der Waals surface area contributed by atoms with Gasteiger partial charge in [-0.3, -0.25) is 9.59 Å². The molecular weight excluding hydrogens is 295 g/mol. The molecule has 1 aliphatic heterocycles. The number of hydrogen-bond donors (Lipinski definition) is 1. The summed E-state index contributed by atoms with van der Waals surface area (Å²) in [5.41, 5.74) is 0.523. The first-order valence-electron chi connectivity index (χ1n) is 8.09. The Bertz CT molecular complexity index is 563. The van der Waals surface area contributed by atoms with Gasteiger partial charge >= 0.3 is 0 Å². The predicted molar refractivity (Wildman–Crippen MR) is 87.3 cm³/mol. The van der Waals surface area contributed by atoms with Crippen molar-refractivity contribution in [1.82, 2.24) is 10.2 Å². The van der Waals surface area contributed by atoms with Crippen LogP contribution in [0.5, 0.6) is 0 Å². The molecule has 1 aromatic rings. The maximum atomic E-state index is 12.9. The number of benzene rings is 1. The van der Waals surface area contributed by atoms with Gasteiger partial charge in [0.15, 0.2) is 0 Å². The smallest absolute Gasteiger partial charge is 0.227 e. The Morgan fingerprint density at radius 2 is 1.91 bits per heavy atom. The van der Waals surface area contributed by atoms with E-state index in [1.165, 1.54) is 12.1 Å². The molecule has 1 saturated heterocycles. The molecule has 1 N–H and O–H groups in total. The highest BCUT2D eigenvalue weighted by Crippen LogP contribution is 2.19. The lowest BCUT2D eigenvalue weighted by molar-refractivity contribution is -0.135. The van der Waals surface area contributed by atoms with Gasteiger partial charge in [0.05, 0.1) is 12.3 Å². The topological polar surface area (TPSA) is 49.4 Å². The number of amides is 2. The SMILES string of the molecule is CC(C)(C)NC(=O)[C@H]1CCCN(C(=O)Cc2ccc(F)cc2)C1. The van der Waals surface area contributed by atoms with E-state index in [2.05, 4.69) is 5.32 Å². The molecule has 0 radical (unpaired) electrons. The lowest BCUT2D eigenvalue weighted by Crippen LogP contribution is -2.50. The molecule has 0 unspecified atom stereocenters. The first-order chi connectivity index (χ1) is 10.7. The van der Waals surface area contributed by atoms with E-state index < -0.39 is 0 Å². The lowest BCUT2D eigenvalue weighted by Gasteiger charge is -2.34. The minimum Gasteiger partial charge on any atom is -0.351 e. The summed E-state index contributed by atoms with van der Waals surface area (Å²) in [7, 11) is 0. The predicted octanol–water partition coefficient (Wildman–Crippen LogP) is 2.52. The van der Waals surface area contributed by atoms with Crippen molar-refractivity contribution in [3.8, 4) is 0 Å². The van der Waals surface area contributed by atoms with Gasteiger partial charge in [-0.05, 0) is 51.3 Å². The van der Waals surface area contributed by atoms with E-state index in [1.54, 1.807) is 17.0 Å². The molecule has 23 heavy (non-hydrogen) atoms. The van der Waals surface area contributed by atoms with Gasteiger partial charge in [-0.15, -0.1) is 0 Å². The lowest BCUT2D eigenvalue weighted by atomic mass is 9.95. The monoisotopic (exact) mass is 320 g/mol. The summed E-state index contributed by atoms with van der Waals surface area (Å²) in [5, 5.41) is 2.99. The molecular formula is C18H25FN2O2. The van der Waals surface area contributed by atoms with Crippen molar-refractivity contribution >= 4 is 11.8 Å². The second kappa shape index (κ2) is 7.11. The molecule has 0 saturated carbocycles. The normalized spacial score (nSPS) is 18.6. The van der Waals surface area contributed by atoms with Gasteiger partial charge in [0, 0.05) is 18.6 Å². The Labute approximate surface area is 137 Å². The van der Waals surface area contributed by atoms with Crippen LogP contribution < -0.4 is 5.32 Å². The van der Waals surface area contributed by atoms with E-state index in [0.29, 0.717) is 13.1 Å². The number of hydrogen-bond acceptors (Lipinski definition) is 2. The zero-order chi connectivity index (χ0) is 17.0. The molecule has 2 amide bonds. The van der Waals surface area contributed by atoms with E-state index in [4.69, 9.17) is 0 Å². The second-order valence-corrected chi connectivity index (χ2v) is 7.22. The summed E-state index contributed by atoms with van der Waals surface area (Å²) in [6.07, 6.45) is 1.88. The first kappa shape index (κ1) is 17.4. The number of carbonyl (C=O) groups excluding carboxylic acids is 2. The van der Waals surface area contributed by atoms with Crippen LogP contribution in [-0.4, -0.2) is 35.3 Å². The maximum absolute atomic E-state index is 12.9. The Hall–Kier alpha value is -1.91. The van der Waals surface area contributed by atoms with Crippen LogP contribution in [-0.2, 0) is 16.0 Å². The zero-order valence-corrected chi connectivity index (χ0v) is 14.1. The zero-order valence-electron chi connectivity index (χ0n) is 14.1. The summed E-state index contributed by atoms with van der Waals surface area (Å²) < 4.78 is 12.9. The number of nitrogens with one attached hydrogen (secondary N) is 1. The molecule has 0 spiro atoms. The van der Waals surface area contributed by atoms with Gasteiger partial charge in [0.2, 0.25) is 11.8 Å². The van der Waals surface area contributed by atoms with Gasteiger partial charge in [0.25, 0.3) is 0 Å². The molecule has 1 heterocycles. The summed E-state index contributed by atoms with van der Waals surface area (Å²) in [6, 6.07) is 5.97. The molecule has 1 atom stereocenters. The molecule has 1 aliphatic rings. The van der Waals surface area contributed by atoms with Crippen LogP contribution in [0.1, 0.15) is 39.2 Å². The van der Waals surface area contributed by atoms with Crippen LogP contribution >= 0.6 is 0 Å². The minimum atomic E-state index is -0.307. The third-order valence-corrected chi connectivity index (χ3v) is 3.91. The van der Waals surface area contributed by atoms with Crippen molar-refractivity contribution in [3.63, 3.8) is 0 Å². The van der Waals surface area contributed by atoms with Crippen molar-refractivity contribution in [3.05, 3.63) is 35.6 Å². The highest BCUT2D eigenvalue weighted by molar-refractivity contribution is 5.82. The molecule has 5 heteroatoms. The molecule has 0 aromatic heterocycles. The quantitative estimate of drug-likeness (QED) is 0.930. The molecule has 0 bridgehead atoms. The third kappa shape index (κ3) is 5.34. The number of likely N-dealkylation sites (tertiary alicyclic amines) is 1. The van der Waals surface area contributed by atoms with Gasteiger partial charge in [-0.1, -0.05) is 12.1 Å². The number of piperidine rings is 1. The molecule has 126 valence electrons. The van der Waals surface area contributed by atoms with Crippen LogP contribution in [0, 0.1) is 11.7 Å². The summed E-state index contributed by atoms with van der Waals surface area (Å²) in [6.45, 7) is 6.99. The van der Waals surface area contributed by atoms with E-state index >= 15 is 0 Å². The summed E-state index contributed by atoms with van der Waals surface area (Å²) in [4.78, 5) is 26.4. The molecule has 0 aliphatic carbocycles. The third-order valence-electron chi connectivity index (χ3n) is 3.91. The van der Waals surface area contributed by atoms with Crippen molar-refractivity contribution in [2.75, 3.05) is 13.1 Å². The van der Waals surface area contributed by atoms with Crippen LogP contribution in [0.3, 0.4) is 0 Å². The summed E-state index contributed by atoms with van der Waals surface area (Å²) >= 11 is 0. The first-order valence-corrected chi connectivity index (χ1v) is 8.09. The van der Waals surface area contributed by atoms with E-state index in [9.17, 15) is 14.0 Å². The standard InChI is InChI=1S/C18H25FN2O2/c1-18(2,3)20-17(23)14-5-4-10-21(12-14)16(22)11-13-6-8-15(19)9-7-13/h6-9,14H,4-5,10-12H2,1-3H3,(H,20,23)/t14-/m0/s1. The molecule has 4 nitrogen and oxygen atoms in total. The Morgan fingerprint density at radius 1 is 1.26 bits per heavy atom. The highest BCUT2D eigenvalue weighted by atomic mass is 19.1. The Balaban J connectivity index is 1.93. The van der Waals surface area contributed by atoms with Crippen LogP contribution in [0.25, 0.3) is 0 Å². The molecule has 1 fully saturated rings. The number of halogens is 1. The van der Waals surface area contributed by atoms with Crippen LogP contribution in [0.2, 0.25) is 0 Å². The van der Waals surface area contributed by atoms with Gasteiger partial charge in [-0.2, -0.15) is 0 Å². The van der Waals surface area contributed by atoms with Crippen molar-refractivity contribution in [1.29, 1.82) is 0 Å². The number of nitrogens with zero attached hydrogens (tertiary/aromatic N) is 1. The maximum Gasteiger partial charge on any atom is 0.227 e. The van der Waals surface area contributed by atoms with Crippen LogP contribution in [0.4, 0.5) is 4.39 Å². The molecule has 1 aromatic carbocycles. The Kier molecular flexibility index (Phi) is 5.39. The molecule has 2 rings (SSSR count). The fraction of sp³-hybridized carbons (Fsp3) is 0.556. The summed E-state index contributed by atoms with van der Waals surface area (Å²) in [5.74, 6) is -0.458. The fourth-order valence-electron chi connectivity index (χ4n) is 2.78. The average Bonchev–Trinajstić information content (AvgIpc) is 2.48. The average molecular weight is 320 g/mol. The number of rotatable bonds is 3. The van der Waals surface area contributed by atoms with E-state index in [-0.39, 0.29) is 35.5 Å². The van der Waals surface area contributed by atoms with E-state index in [0.717, 1.165) is 18.4 Å². The largest absolute Gasteiger partial charge is 0.351 e. The second-order valence-electron chi connectivity index (χ2n) is 7.22. The fourth-order valence-corrected chi connectivity index (χ4v) is 2.78. The van der Waals surface area contributed by atoms with Gasteiger partial charge in [-0.25, -0.2) is 4.39 Å². The van der Waals surface area contributed by atoms with Crippen molar-refractivity contribution in [2.24, 2.45) is 5.92 Å².